The molecule has 18 heavy (non-hydrogen) atoms. The molecule has 5 nitrogen and oxygen atoms in total. The van der Waals surface area contributed by atoms with Crippen LogP contribution in [0, 0.1) is 5.95 Å². The van der Waals surface area contributed by atoms with Crippen molar-refractivity contribution in [2.45, 2.75) is 19.8 Å². The maximum atomic E-state index is 12.8. The number of carbonyl (C=O) groups is 2. The monoisotopic (exact) mass is 254 g/mol. The van der Waals surface area contributed by atoms with Crippen molar-refractivity contribution in [2.24, 2.45) is 0 Å². The Balaban J connectivity index is 2.27. The zero-order valence-corrected chi connectivity index (χ0v) is 10.1. The predicted molar refractivity (Wildman–Crippen MR) is 62.4 cm³/mol. The molecule has 0 atom stereocenters. The van der Waals surface area contributed by atoms with Crippen molar-refractivity contribution in [1.29, 1.82) is 0 Å². The molecule has 0 aliphatic carbocycles. The molecule has 0 bridgehead atoms. The summed E-state index contributed by atoms with van der Waals surface area (Å²) in [5, 5.41) is 2.58. The Bertz CT molecular complexity index is 424. The molecular formula is C12H15FN2O3. The van der Waals surface area contributed by atoms with Crippen LogP contribution < -0.4 is 5.32 Å². The summed E-state index contributed by atoms with van der Waals surface area (Å²) in [5.74, 6) is -1.38. The second-order valence-corrected chi connectivity index (χ2v) is 3.53. The first-order valence-corrected chi connectivity index (χ1v) is 5.69. The minimum absolute atomic E-state index is 0.207. The van der Waals surface area contributed by atoms with E-state index in [4.69, 9.17) is 4.74 Å². The molecule has 0 radical (unpaired) electrons. The minimum Gasteiger partial charge on any atom is -0.466 e. The molecule has 0 aliphatic rings. The van der Waals surface area contributed by atoms with Crippen LogP contribution in [0.5, 0.6) is 0 Å². The van der Waals surface area contributed by atoms with Crippen molar-refractivity contribution in [3.8, 4) is 0 Å². The van der Waals surface area contributed by atoms with Gasteiger partial charge in [0.1, 0.15) is 0 Å². The predicted octanol–water partition coefficient (Wildman–Crippen LogP) is 1.29. The van der Waals surface area contributed by atoms with Gasteiger partial charge in [0.25, 0.3) is 5.91 Å². The third-order valence-corrected chi connectivity index (χ3v) is 2.14. The van der Waals surface area contributed by atoms with Crippen LogP contribution in [0.3, 0.4) is 0 Å². The largest absolute Gasteiger partial charge is 0.466 e. The van der Waals surface area contributed by atoms with Crippen LogP contribution in [0.2, 0.25) is 0 Å². The van der Waals surface area contributed by atoms with E-state index in [1.807, 2.05) is 0 Å². The highest BCUT2D eigenvalue weighted by Gasteiger charge is 2.07. The van der Waals surface area contributed by atoms with E-state index >= 15 is 0 Å². The highest BCUT2D eigenvalue weighted by Crippen LogP contribution is 2.00. The number of halogens is 1. The molecule has 1 aromatic rings. The number of rotatable bonds is 6. The third-order valence-electron chi connectivity index (χ3n) is 2.14. The van der Waals surface area contributed by atoms with Crippen molar-refractivity contribution >= 4 is 11.9 Å². The van der Waals surface area contributed by atoms with Gasteiger partial charge in [-0.1, -0.05) is 0 Å². The van der Waals surface area contributed by atoms with Crippen LogP contribution in [0.15, 0.2) is 18.3 Å². The van der Waals surface area contributed by atoms with Gasteiger partial charge >= 0.3 is 5.97 Å². The van der Waals surface area contributed by atoms with Crippen LogP contribution >= 0.6 is 0 Å². The molecule has 0 aliphatic heterocycles. The maximum absolute atomic E-state index is 12.8. The average Bonchev–Trinajstić information content (AvgIpc) is 2.35. The zero-order chi connectivity index (χ0) is 13.4. The summed E-state index contributed by atoms with van der Waals surface area (Å²) < 4.78 is 17.5. The summed E-state index contributed by atoms with van der Waals surface area (Å²) in [6.07, 6.45) is 1.96. The van der Waals surface area contributed by atoms with Crippen LogP contribution in [-0.2, 0) is 9.53 Å². The summed E-state index contributed by atoms with van der Waals surface area (Å²) in [7, 11) is 0. The molecule has 1 amide bonds. The van der Waals surface area contributed by atoms with Crippen LogP contribution in [-0.4, -0.2) is 30.0 Å². The lowest BCUT2D eigenvalue weighted by molar-refractivity contribution is -0.143. The lowest BCUT2D eigenvalue weighted by Crippen LogP contribution is -2.25. The van der Waals surface area contributed by atoms with Gasteiger partial charge in [0.15, 0.2) is 0 Å². The number of pyridine rings is 1. The molecule has 0 saturated heterocycles. The van der Waals surface area contributed by atoms with Gasteiger partial charge in [0.2, 0.25) is 5.95 Å². The van der Waals surface area contributed by atoms with Gasteiger partial charge in [-0.2, -0.15) is 4.39 Å². The minimum atomic E-state index is -0.700. The number of amides is 1. The number of ether oxygens (including phenoxy) is 1. The molecule has 1 heterocycles. The molecule has 0 saturated carbocycles. The standard InChI is InChI=1S/C12H15FN2O3/c1-2-18-11(16)4-3-6-15-12(17)9-5-7-14-10(13)8-9/h5,7-8H,2-4,6H2,1H3,(H,15,17). The molecular weight excluding hydrogens is 239 g/mol. The number of nitrogens with zero attached hydrogens (tertiary/aromatic N) is 1. The van der Waals surface area contributed by atoms with E-state index < -0.39 is 5.95 Å². The SMILES string of the molecule is CCOC(=O)CCCNC(=O)c1ccnc(F)c1. The highest BCUT2D eigenvalue weighted by atomic mass is 19.1. The van der Waals surface area contributed by atoms with Crippen molar-refractivity contribution in [3.05, 3.63) is 29.8 Å². The second kappa shape index (κ2) is 7.37. The third kappa shape index (κ3) is 4.90. The first kappa shape index (κ1) is 14.1. The molecule has 6 heteroatoms. The second-order valence-electron chi connectivity index (χ2n) is 3.53. The van der Waals surface area contributed by atoms with Crippen LogP contribution in [0.4, 0.5) is 4.39 Å². The van der Waals surface area contributed by atoms with E-state index in [2.05, 4.69) is 10.3 Å². The zero-order valence-electron chi connectivity index (χ0n) is 10.1. The number of hydrogen-bond donors (Lipinski definition) is 1. The molecule has 0 unspecified atom stereocenters. The van der Waals surface area contributed by atoms with Gasteiger partial charge in [-0.25, -0.2) is 4.98 Å². The molecule has 0 spiro atoms. The fourth-order valence-corrected chi connectivity index (χ4v) is 1.31. The number of carbonyl (C=O) groups excluding carboxylic acids is 2. The molecule has 1 aromatic heterocycles. The average molecular weight is 254 g/mol. The number of hydrogen-bond acceptors (Lipinski definition) is 4. The molecule has 98 valence electrons. The maximum Gasteiger partial charge on any atom is 0.305 e. The smallest absolute Gasteiger partial charge is 0.305 e. The molecule has 0 aromatic carbocycles. The Morgan fingerprint density at radius 2 is 2.28 bits per heavy atom. The van der Waals surface area contributed by atoms with Gasteiger partial charge in [-0.3, -0.25) is 9.59 Å². The van der Waals surface area contributed by atoms with Gasteiger partial charge in [-0.05, 0) is 19.4 Å². The van der Waals surface area contributed by atoms with Crippen molar-refractivity contribution in [1.82, 2.24) is 10.3 Å². The van der Waals surface area contributed by atoms with E-state index in [1.54, 1.807) is 6.92 Å². The highest BCUT2D eigenvalue weighted by molar-refractivity contribution is 5.93. The Hall–Kier alpha value is -1.98. The van der Waals surface area contributed by atoms with Crippen molar-refractivity contribution in [2.75, 3.05) is 13.2 Å². The van der Waals surface area contributed by atoms with E-state index in [0.29, 0.717) is 19.6 Å². The number of nitrogens with one attached hydrogen (secondary N) is 1. The lowest BCUT2D eigenvalue weighted by atomic mass is 10.2. The van der Waals surface area contributed by atoms with E-state index in [9.17, 15) is 14.0 Å². The summed E-state index contributed by atoms with van der Waals surface area (Å²) in [6.45, 7) is 2.42. The first-order valence-electron chi connectivity index (χ1n) is 5.69. The lowest BCUT2D eigenvalue weighted by Gasteiger charge is -2.05. The Kier molecular flexibility index (Phi) is 5.76. The Morgan fingerprint density at radius 1 is 1.50 bits per heavy atom. The van der Waals surface area contributed by atoms with Crippen molar-refractivity contribution < 1.29 is 18.7 Å². The van der Waals surface area contributed by atoms with E-state index in [-0.39, 0.29) is 23.9 Å². The van der Waals surface area contributed by atoms with Crippen molar-refractivity contribution in [3.63, 3.8) is 0 Å². The van der Waals surface area contributed by atoms with Gasteiger partial charge < -0.3 is 10.1 Å². The number of aromatic nitrogens is 1. The molecule has 0 fully saturated rings. The van der Waals surface area contributed by atoms with Gasteiger partial charge in [0, 0.05) is 30.8 Å². The van der Waals surface area contributed by atoms with E-state index in [0.717, 1.165) is 6.07 Å². The van der Waals surface area contributed by atoms with E-state index in [1.165, 1.54) is 12.3 Å². The fourth-order valence-electron chi connectivity index (χ4n) is 1.31. The Labute approximate surface area is 104 Å². The van der Waals surface area contributed by atoms with Gasteiger partial charge in [-0.15, -0.1) is 0 Å². The fraction of sp³-hybridized carbons (Fsp3) is 0.417. The quantitative estimate of drug-likeness (QED) is 0.472. The Morgan fingerprint density at radius 3 is 2.94 bits per heavy atom. The van der Waals surface area contributed by atoms with Crippen LogP contribution in [0.25, 0.3) is 0 Å². The summed E-state index contributed by atoms with van der Waals surface area (Å²) in [6, 6.07) is 2.48. The summed E-state index contributed by atoms with van der Waals surface area (Å²) in [4.78, 5) is 25.9. The first-order chi connectivity index (χ1) is 8.63. The molecule has 1 rings (SSSR count). The normalized spacial score (nSPS) is 9.89. The number of esters is 1. The summed E-state index contributed by atoms with van der Waals surface area (Å²) in [5.41, 5.74) is 0.207. The van der Waals surface area contributed by atoms with Gasteiger partial charge in [0.05, 0.1) is 6.61 Å². The summed E-state index contributed by atoms with van der Waals surface area (Å²) >= 11 is 0. The van der Waals surface area contributed by atoms with Crippen LogP contribution in [0.1, 0.15) is 30.1 Å². The molecule has 1 N–H and O–H groups in total. The topological polar surface area (TPSA) is 68.3 Å².